The van der Waals surface area contributed by atoms with Crippen LogP contribution in [0.4, 0.5) is 0 Å². The first-order chi connectivity index (χ1) is 20.2. The number of esters is 3. The molecule has 6 atom stereocenters. The summed E-state index contributed by atoms with van der Waals surface area (Å²) in [6.07, 6.45) is -5.70. The van der Waals surface area contributed by atoms with E-state index in [4.69, 9.17) is 28.1 Å². The molecule has 9 nitrogen and oxygen atoms in total. The van der Waals surface area contributed by atoms with E-state index in [9.17, 15) is 14.4 Å². The summed E-state index contributed by atoms with van der Waals surface area (Å²) >= 11 is 1.62. The minimum absolute atomic E-state index is 0.196. The molecule has 0 spiro atoms. The zero-order chi connectivity index (χ0) is 31.8. The molecule has 0 N–H and O–H groups in total. The zero-order valence-corrected chi connectivity index (χ0v) is 28.1. The van der Waals surface area contributed by atoms with Crippen LogP contribution < -0.4 is 0 Å². The standard InChI is InChI=1S/C32H44O9SSi/c1-21(33)36-19-26-28(37-22(2)34)29(38-23(3)35)30(31(40-26)41-43(7,8)32(4,5)6)39-27(24-15-11-9-12-16-24)20-42-25-17-13-10-14-18-25/h9-18,26-31H,19-20H2,1-8H3/t26-,27-,28+,29+,30-,31+/m1/s1. The van der Waals surface area contributed by atoms with Crippen molar-refractivity contribution in [2.24, 2.45) is 0 Å². The van der Waals surface area contributed by atoms with Crippen LogP contribution in [-0.4, -0.2) is 69.3 Å². The van der Waals surface area contributed by atoms with Crippen LogP contribution in [0.3, 0.4) is 0 Å². The molecule has 11 heteroatoms. The molecule has 1 aliphatic rings. The van der Waals surface area contributed by atoms with Gasteiger partial charge >= 0.3 is 17.9 Å². The summed E-state index contributed by atoms with van der Waals surface area (Å²) in [6.45, 7) is 14.0. The van der Waals surface area contributed by atoms with Crippen molar-refractivity contribution < 1.29 is 42.5 Å². The van der Waals surface area contributed by atoms with Gasteiger partial charge in [0.2, 0.25) is 0 Å². The minimum atomic E-state index is -2.50. The topological polar surface area (TPSA) is 107 Å². The Bertz CT molecular complexity index is 1200. The van der Waals surface area contributed by atoms with E-state index in [-0.39, 0.29) is 11.6 Å². The van der Waals surface area contributed by atoms with Crippen molar-refractivity contribution in [1.29, 1.82) is 0 Å². The lowest BCUT2D eigenvalue weighted by atomic mass is 9.97. The summed E-state index contributed by atoms with van der Waals surface area (Å²) in [5, 5.41) is -0.196. The molecule has 0 bridgehead atoms. The van der Waals surface area contributed by atoms with Crippen molar-refractivity contribution in [3.63, 3.8) is 0 Å². The maximum atomic E-state index is 12.5. The molecule has 0 saturated carbocycles. The van der Waals surface area contributed by atoms with E-state index in [0.717, 1.165) is 10.5 Å². The quantitative estimate of drug-likeness (QED) is 0.118. The molecule has 0 unspecified atom stereocenters. The first-order valence-corrected chi connectivity index (χ1v) is 18.3. The maximum absolute atomic E-state index is 12.5. The highest BCUT2D eigenvalue weighted by Crippen LogP contribution is 2.41. The molecular formula is C32H44O9SSi. The molecule has 1 fully saturated rings. The van der Waals surface area contributed by atoms with Gasteiger partial charge in [-0.2, -0.15) is 0 Å². The summed E-state index contributed by atoms with van der Waals surface area (Å²) < 4.78 is 36.9. The SMILES string of the molecule is CC(=O)OC[C@H]1O[C@@H](O[Si](C)(C)C(C)(C)C)[C@H](O[C@H](CSc2ccccc2)c2ccccc2)[C@@H](OC(C)=O)[C@H]1OC(C)=O. The summed E-state index contributed by atoms with van der Waals surface area (Å²) in [5.74, 6) is -1.21. The van der Waals surface area contributed by atoms with Gasteiger partial charge in [0.15, 0.2) is 26.8 Å². The second-order valence-electron chi connectivity index (χ2n) is 12.0. The fraction of sp³-hybridized carbons (Fsp3) is 0.531. The summed E-state index contributed by atoms with van der Waals surface area (Å²) in [5.41, 5.74) is 0.907. The van der Waals surface area contributed by atoms with Crippen LogP contribution in [0.1, 0.15) is 53.2 Å². The van der Waals surface area contributed by atoms with Gasteiger partial charge < -0.3 is 28.1 Å². The average Bonchev–Trinajstić information content (AvgIpc) is 2.92. The Hall–Kier alpha value is -2.70. The van der Waals surface area contributed by atoms with E-state index in [2.05, 4.69) is 33.9 Å². The molecule has 0 aliphatic carbocycles. The molecule has 2 aromatic rings. The Balaban J connectivity index is 2.08. The lowest BCUT2D eigenvalue weighted by molar-refractivity contribution is -0.302. The van der Waals surface area contributed by atoms with E-state index in [1.807, 2.05) is 60.7 Å². The third-order valence-corrected chi connectivity index (χ3v) is 13.0. The molecule has 1 heterocycles. The van der Waals surface area contributed by atoms with Gasteiger partial charge in [0.25, 0.3) is 0 Å². The molecule has 3 rings (SSSR count). The van der Waals surface area contributed by atoms with Crippen LogP contribution in [0.5, 0.6) is 0 Å². The van der Waals surface area contributed by atoms with Crippen molar-refractivity contribution in [1.82, 2.24) is 0 Å². The Kier molecular flexibility index (Phi) is 12.4. The zero-order valence-electron chi connectivity index (χ0n) is 26.2. The van der Waals surface area contributed by atoms with Gasteiger partial charge in [-0.15, -0.1) is 11.8 Å². The van der Waals surface area contributed by atoms with Gasteiger partial charge in [0.1, 0.15) is 18.8 Å². The average molecular weight is 633 g/mol. The van der Waals surface area contributed by atoms with Crippen molar-refractivity contribution in [2.75, 3.05) is 12.4 Å². The van der Waals surface area contributed by atoms with Gasteiger partial charge in [0, 0.05) is 31.4 Å². The molecule has 2 aromatic carbocycles. The van der Waals surface area contributed by atoms with Crippen LogP contribution in [-0.2, 0) is 42.5 Å². The van der Waals surface area contributed by atoms with Crippen LogP contribution in [0.25, 0.3) is 0 Å². The van der Waals surface area contributed by atoms with E-state index < -0.39 is 63.0 Å². The van der Waals surface area contributed by atoms with Gasteiger partial charge in [-0.1, -0.05) is 69.3 Å². The van der Waals surface area contributed by atoms with Gasteiger partial charge in [-0.25, -0.2) is 0 Å². The highest BCUT2D eigenvalue weighted by Gasteiger charge is 2.54. The number of hydrogen-bond donors (Lipinski definition) is 0. The summed E-state index contributed by atoms with van der Waals surface area (Å²) in [6, 6.07) is 19.7. The second kappa shape index (κ2) is 15.3. The largest absolute Gasteiger partial charge is 0.463 e. The first kappa shape index (κ1) is 34.8. The predicted molar refractivity (Wildman–Crippen MR) is 166 cm³/mol. The molecule has 43 heavy (non-hydrogen) atoms. The normalized spacial score (nSPS) is 23.2. The van der Waals surface area contributed by atoms with Crippen LogP contribution in [0, 0.1) is 0 Å². The fourth-order valence-corrected chi connectivity index (χ4v) is 6.43. The van der Waals surface area contributed by atoms with Gasteiger partial charge in [0.05, 0.1) is 6.10 Å². The third-order valence-electron chi connectivity index (χ3n) is 7.50. The fourth-order valence-electron chi connectivity index (χ4n) is 4.34. The Labute approximate surface area is 260 Å². The number of benzene rings is 2. The van der Waals surface area contributed by atoms with Gasteiger partial charge in [-0.05, 0) is 35.8 Å². The second-order valence-corrected chi connectivity index (χ2v) is 17.8. The molecule has 0 radical (unpaired) electrons. The lowest BCUT2D eigenvalue weighted by Crippen LogP contribution is -2.64. The van der Waals surface area contributed by atoms with Crippen molar-refractivity contribution in [3.8, 4) is 0 Å². The Morgan fingerprint density at radius 1 is 0.837 bits per heavy atom. The number of ether oxygens (including phenoxy) is 5. The van der Waals surface area contributed by atoms with E-state index in [1.54, 1.807) is 11.8 Å². The van der Waals surface area contributed by atoms with Crippen molar-refractivity contribution >= 4 is 38.0 Å². The highest BCUT2D eigenvalue weighted by atomic mass is 32.2. The van der Waals surface area contributed by atoms with Crippen LogP contribution >= 0.6 is 11.8 Å². The smallest absolute Gasteiger partial charge is 0.303 e. The monoisotopic (exact) mass is 632 g/mol. The first-order valence-electron chi connectivity index (χ1n) is 14.4. The predicted octanol–water partition coefficient (Wildman–Crippen LogP) is 6.08. The van der Waals surface area contributed by atoms with E-state index in [1.165, 1.54) is 20.8 Å². The van der Waals surface area contributed by atoms with E-state index >= 15 is 0 Å². The van der Waals surface area contributed by atoms with Gasteiger partial charge in [-0.3, -0.25) is 14.4 Å². The number of carbonyl (C=O) groups is 3. The van der Waals surface area contributed by atoms with Crippen LogP contribution in [0.2, 0.25) is 18.1 Å². The van der Waals surface area contributed by atoms with Crippen molar-refractivity contribution in [3.05, 3.63) is 66.2 Å². The third kappa shape index (κ3) is 10.2. The number of carbonyl (C=O) groups excluding carboxylic acids is 3. The Morgan fingerprint density at radius 3 is 1.93 bits per heavy atom. The molecule has 1 saturated heterocycles. The van der Waals surface area contributed by atoms with Crippen LogP contribution in [0.15, 0.2) is 65.6 Å². The highest BCUT2D eigenvalue weighted by molar-refractivity contribution is 7.99. The molecule has 0 amide bonds. The summed E-state index contributed by atoms with van der Waals surface area (Å²) in [7, 11) is -2.50. The Morgan fingerprint density at radius 2 is 1.40 bits per heavy atom. The van der Waals surface area contributed by atoms with Crippen molar-refractivity contribution in [2.45, 2.75) is 101 Å². The lowest BCUT2D eigenvalue weighted by Gasteiger charge is -2.49. The number of hydrogen-bond acceptors (Lipinski definition) is 10. The number of thioether (sulfide) groups is 1. The molecule has 1 aliphatic heterocycles. The summed E-state index contributed by atoms with van der Waals surface area (Å²) in [4.78, 5) is 37.6. The number of rotatable bonds is 12. The molecule has 236 valence electrons. The minimum Gasteiger partial charge on any atom is -0.463 e. The maximum Gasteiger partial charge on any atom is 0.303 e. The molecular weight excluding hydrogens is 588 g/mol. The molecule has 0 aromatic heterocycles. The van der Waals surface area contributed by atoms with E-state index in [0.29, 0.717) is 5.75 Å².